The molecular formula is C36H61Cl3SiTi. The van der Waals surface area contributed by atoms with E-state index in [2.05, 4.69) is 66.7 Å². The van der Waals surface area contributed by atoms with Crippen molar-refractivity contribution < 1.29 is 58.9 Å². The van der Waals surface area contributed by atoms with Crippen LogP contribution in [0.25, 0.3) is 0 Å². The Morgan fingerprint density at radius 3 is 1.24 bits per heavy atom. The number of hydrogen-bond acceptors (Lipinski definition) is 0. The Morgan fingerprint density at radius 2 is 0.878 bits per heavy atom. The Bertz CT molecular complexity index is 863. The minimum atomic E-state index is -0.350. The van der Waals surface area contributed by atoms with E-state index in [-0.39, 0.29) is 68.5 Å². The van der Waals surface area contributed by atoms with Crippen LogP contribution in [0.3, 0.4) is 0 Å². The molecule has 0 N–H and O–H groups in total. The van der Waals surface area contributed by atoms with Gasteiger partial charge >= 0.3 is 21.7 Å². The van der Waals surface area contributed by atoms with Gasteiger partial charge in [-0.2, -0.15) is 27.8 Å². The molecule has 1 atom stereocenters. The fraction of sp³-hybridized carbons (Fsp3) is 0.694. The first-order valence-electron chi connectivity index (χ1n) is 16.1. The average molecular weight is 676 g/mol. The van der Waals surface area contributed by atoms with Gasteiger partial charge in [-0.25, -0.2) is 0 Å². The van der Waals surface area contributed by atoms with E-state index in [1.807, 2.05) is 0 Å². The van der Waals surface area contributed by atoms with Gasteiger partial charge in [-0.05, 0) is 13.8 Å². The molecule has 2 aromatic carbocycles. The molecule has 41 heavy (non-hydrogen) atoms. The van der Waals surface area contributed by atoms with Gasteiger partial charge in [0.05, 0.1) is 9.52 Å². The van der Waals surface area contributed by atoms with Crippen LogP contribution in [0.4, 0.5) is 0 Å². The summed E-state index contributed by atoms with van der Waals surface area (Å²) < 4.78 is 0. The molecule has 0 aliphatic rings. The van der Waals surface area contributed by atoms with E-state index >= 15 is 0 Å². The summed E-state index contributed by atoms with van der Waals surface area (Å²) in [5, 5.41) is 1.66. The van der Waals surface area contributed by atoms with E-state index in [1.54, 1.807) is 33.0 Å². The number of aryl methyl sites for hydroxylation is 2. The summed E-state index contributed by atoms with van der Waals surface area (Å²) in [6.45, 7) is 16.3. The predicted molar refractivity (Wildman–Crippen MR) is 172 cm³/mol. The molecule has 0 fully saturated rings. The van der Waals surface area contributed by atoms with Crippen LogP contribution < -0.4 is 42.4 Å². The molecule has 0 aromatic heterocycles. The summed E-state index contributed by atoms with van der Waals surface area (Å²) in [5.41, 5.74) is 11.7. The monoisotopic (exact) mass is 674 g/mol. The molecule has 234 valence electrons. The van der Waals surface area contributed by atoms with Crippen LogP contribution in [-0.4, -0.2) is 9.52 Å². The summed E-state index contributed by atoms with van der Waals surface area (Å²) in [5.74, 6) is 0. The molecule has 0 amide bonds. The standard InChI is InChI=1S/C36H61Si.3ClH.Ti/c1-8-9-10-11-12-13-14-15-16-17-18-19-20-21-22-23-24-35(36-32(6)30(4)31(5)33(36)7)37-34-26-28(2)25-29(3)27-34;;;;/h25-27,35H,8-24,37H2,1-7H3;3*1H;/q-1;;;;+4/p-3. The van der Waals surface area contributed by atoms with Crippen molar-refractivity contribution in [3.05, 3.63) is 57.1 Å². The molecule has 0 nitrogen and oxygen atoms in total. The number of benzene rings is 1. The van der Waals surface area contributed by atoms with Crippen LogP contribution >= 0.6 is 0 Å². The van der Waals surface area contributed by atoms with Crippen molar-refractivity contribution in [1.29, 1.82) is 0 Å². The smallest absolute Gasteiger partial charge is 1.00 e. The maximum Gasteiger partial charge on any atom is 4.00 e. The van der Waals surface area contributed by atoms with Crippen LogP contribution in [-0.2, 0) is 21.7 Å². The maximum absolute atomic E-state index is 2.48. The molecule has 0 saturated heterocycles. The van der Waals surface area contributed by atoms with Gasteiger partial charge in [0.25, 0.3) is 0 Å². The third-order valence-electron chi connectivity index (χ3n) is 9.07. The van der Waals surface area contributed by atoms with Gasteiger partial charge in [-0.3, -0.25) is 0 Å². The first-order chi connectivity index (χ1) is 17.8. The molecule has 0 saturated carbocycles. The molecule has 0 aliphatic heterocycles. The first kappa shape index (κ1) is 45.8. The zero-order chi connectivity index (χ0) is 27.0. The average Bonchev–Trinajstić information content (AvgIpc) is 3.04. The third kappa shape index (κ3) is 17.4. The second-order valence-corrected chi connectivity index (χ2v) is 14.6. The van der Waals surface area contributed by atoms with Crippen molar-refractivity contribution in [3.63, 3.8) is 0 Å². The van der Waals surface area contributed by atoms with Crippen molar-refractivity contribution in [2.75, 3.05) is 0 Å². The Labute approximate surface area is 292 Å². The largest absolute Gasteiger partial charge is 4.00 e. The predicted octanol–water partition coefficient (Wildman–Crippen LogP) is 1.45. The molecule has 5 heteroatoms. The first-order valence-corrected chi connectivity index (χ1v) is 17.7. The van der Waals surface area contributed by atoms with Crippen molar-refractivity contribution in [3.8, 4) is 0 Å². The van der Waals surface area contributed by atoms with E-state index in [0.29, 0.717) is 0 Å². The second-order valence-electron chi connectivity index (χ2n) is 12.4. The van der Waals surface area contributed by atoms with Gasteiger partial charge in [0.2, 0.25) is 0 Å². The number of unbranched alkanes of at least 4 members (excludes halogenated alkanes) is 15. The van der Waals surface area contributed by atoms with Crippen LogP contribution in [0.2, 0.25) is 0 Å². The quantitative estimate of drug-likeness (QED) is 0.113. The van der Waals surface area contributed by atoms with Crippen molar-refractivity contribution in [2.45, 2.75) is 163 Å². The molecule has 0 radical (unpaired) electrons. The van der Waals surface area contributed by atoms with Gasteiger partial charge in [0.1, 0.15) is 0 Å². The van der Waals surface area contributed by atoms with Gasteiger partial charge in [0.15, 0.2) is 0 Å². The van der Waals surface area contributed by atoms with E-state index in [0.717, 1.165) is 5.54 Å². The Kier molecular flexibility index (Phi) is 29.9. The van der Waals surface area contributed by atoms with E-state index < -0.39 is 0 Å². The summed E-state index contributed by atoms with van der Waals surface area (Å²) in [6, 6.07) is 7.29. The summed E-state index contributed by atoms with van der Waals surface area (Å²) in [4.78, 5) is 0. The summed E-state index contributed by atoms with van der Waals surface area (Å²) in [7, 11) is -0.350. The van der Waals surface area contributed by atoms with E-state index in [4.69, 9.17) is 0 Å². The molecule has 2 rings (SSSR count). The zero-order valence-corrected chi connectivity index (χ0v) is 32.9. The van der Waals surface area contributed by atoms with Crippen LogP contribution in [0, 0.1) is 41.5 Å². The normalized spacial score (nSPS) is 11.5. The van der Waals surface area contributed by atoms with Crippen molar-refractivity contribution in [2.24, 2.45) is 0 Å². The van der Waals surface area contributed by atoms with Crippen molar-refractivity contribution >= 4 is 14.7 Å². The molecule has 2 aromatic rings. The van der Waals surface area contributed by atoms with Gasteiger partial charge < -0.3 is 37.2 Å². The maximum atomic E-state index is 2.48. The van der Waals surface area contributed by atoms with E-state index in [9.17, 15) is 0 Å². The van der Waals surface area contributed by atoms with Gasteiger partial charge in [-0.15, -0.1) is 0 Å². The van der Waals surface area contributed by atoms with Crippen molar-refractivity contribution in [1.82, 2.24) is 0 Å². The number of halogens is 3. The number of rotatable bonds is 20. The topological polar surface area (TPSA) is 0 Å². The molecule has 0 bridgehead atoms. The Balaban J connectivity index is -0.00000361. The Morgan fingerprint density at radius 1 is 0.537 bits per heavy atom. The van der Waals surface area contributed by atoms with Crippen LogP contribution in [0.5, 0.6) is 0 Å². The van der Waals surface area contributed by atoms with Gasteiger partial charge in [0, 0.05) is 0 Å². The minimum absolute atomic E-state index is 0. The van der Waals surface area contributed by atoms with Crippen LogP contribution in [0.1, 0.15) is 161 Å². The fourth-order valence-electron chi connectivity index (χ4n) is 6.62. The fourth-order valence-corrected chi connectivity index (χ4v) is 9.38. The number of hydrogen-bond donors (Lipinski definition) is 0. The van der Waals surface area contributed by atoms with Crippen LogP contribution in [0.15, 0.2) is 18.2 Å². The third-order valence-corrected chi connectivity index (χ3v) is 11.3. The minimum Gasteiger partial charge on any atom is -1.00 e. The zero-order valence-electron chi connectivity index (χ0n) is 27.7. The molecule has 0 spiro atoms. The molecular weight excluding hydrogens is 615 g/mol. The molecule has 0 heterocycles. The molecule has 0 aliphatic carbocycles. The summed E-state index contributed by atoms with van der Waals surface area (Å²) in [6.07, 6.45) is 24.6. The van der Waals surface area contributed by atoms with E-state index in [1.165, 1.54) is 120 Å². The Hall–Kier alpha value is 0.371. The summed E-state index contributed by atoms with van der Waals surface area (Å²) >= 11 is 0. The molecule has 1 unspecified atom stereocenters. The van der Waals surface area contributed by atoms with Gasteiger partial charge in [-0.1, -0.05) is 184 Å². The SMILES string of the molecule is CCCCCCCCCCCCCCCCCCC([SiH2]c1cc(C)cc(C)c1)[c-]1c(C)c(C)c(C)c1C.[Cl-].[Cl-].[Cl-].[Ti+4]. The second kappa shape index (κ2) is 26.7.